The van der Waals surface area contributed by atoms with Crippen molar-refractivity contribution in [2.45, 2.75) is 12.8 Å². The molecule has 0 atom stereocenters. The molecule has 6 heteroatoms. The fourth-order valence-electron chi connectivity index (χ4n) is 2.61. The highest BCUT2D eigenvalue weighted by Gasteiger charge is 2.29. The third-order valence-electron chi connectivity index (χ3n) is 3.80. The number of likely N-dealkylation sites (tertiary alicyclic amines) is 1. The third kappa shape index (κ3) is 2.13. The van der Waals surface area contributed by atoms with E-state index in [0.717, 1.165) is 10.9 Å². The number of nitrogens with one attached hydrogen (secondary N) is 1. The number of carbonyl (C=O) groups is 2. The first kappa shape index (κ1) is 12.7. The maximum atomic E-state index is 12.4. The molecule has 0 aliphatic carbocycles. The molecule has 0 radical (unpaired) electrons. The number of rotatable bonds is 2. The van der Waals surface area contributed by atoms with Crippen LogP contribution in [0.5, 0.6) is 0 Å². The molecule has 2 N–H and O–H groups in total. The second-order valence-corrected chi connectivity index (χ2v) is 5.02. The van der Waals surface area contributed by atoms with Gasteiger partial charge in [0.1, 0.15) is 0 Å². The van der Waals surface area contributed by atoms with Crippen molar-refractivity contribution in [2.24, 2.45) is 5.92 Å². The Morgan fingerprint density at radius 2 is 1.95 bits per heavy atom. The van der Waals surface area contributed by atoms with E-state index >= 15 is 0 Å². The topological polar surface area (TPSA) is 86.3 Å². The number of aliphatic carboxylic acids is 1. The molecule has 20 heavy (non-hydrogen) atoms. The van der Waals surface area contributed by atoms with Crippen LogP contribution in [0, 0.1) is 5.92 Å². The van der Waals surface area contributed by atoms with Gasteiger partial charge in [0, 0.05) is 18.5 Å². The molecule has 1 saturated heterocycles. The first-order chi connectivity index (χ1) is 9.66. The molecule has 1 aliphatic rings. The Balaban J connectivity index is 1.78. The lowest BCUT2D eigenvalue weighted by Gasteiger charge is -2.29. The fraction of sp³-hybridized carbons (Fsp3) is 0.357. The summed E-state index contributed by atoms with van der Waals surface area (Å²) in [6.07, 6.45) is 1.01. The number of carbonyl (C=O) groups excluding carboxylic acids is 1. The van der Waals surface area contributed by atoms with Gasteiger partial charge in [0.15, 0.2) is 5.69 Å². The Kier molecular flexibility index (Phi) is 3.14. The quantitative estimate of drug-likeness (QED) is 0.868. The highest BCUT2D eigenvalue weighted by molar-refractivity contribution is 6.04. The van der Waals surface area contributed by atoms with Crippen LogP contribution in [0.25, 0.3) is 10.9 Å². The summed E-state index contributed by atoms with van der Waals surface area (Å²) in [6, 6.07) is 7.48. The summed E-state index contributed by atoms with van der Waals surface area (Å²) in [5.41, 5.74) is 1.24. The number of carboxylic acid groups (broad SMARTS) is 1. The highest BCUT2D eigenvalue weighted by atomic mass is 16.4. The molecule has 3 rings (SSSR count). The average molecular weight is 273 g/mol. The zero-order valence-electron chi connectivity index (χ0n) is 10.9. The molecular weight excluding hydrogens is 258 g/mol. The van der Waals surface area contributed by atoms with Crippen LogP contribution in [0.1, 0.15) is 23.3 Å². The van der Waals surface area contributed by atoms with Crippen molar-refractivity contribution in [3.8, 4) is 0 Å². The Morgan fingerprint density at radius 1 is 1.25 bits per heavy atom. The standard InChI is InChI=1S/C14H15N3O3/c18-13(17-7-5-9(6-8-17)14(19)20)12-10-3-1-2-4-11(10)15-16-12/h1-4,9H,5-8H2,(H,15,16)(H,19,20). The van der Waals surface area contributed by atoms with Crippen LogP contribution >= 0.6 is 0 Å². The van der Waals surface area contributed by atoms with Crippen molar-refractivity contribution in [1.29, 1.82) is 0 Å². The number of fused-ring (bicyclic) bond motifs is 1. The normalized spacial score (nSPS) is 16.5. The largest absolute Gasteiger partial charge is 0.481 e. The summed E-state index contributed by atoms with van der Waals surface area (Å²) in [5, 5.41) is 16.7. The number of piperidine rings is 1. The SMILES string of the molecule is O=C(O)C1CCN(C(=O)c2n[nH]c3ccccc23)CC1. The van der Waals surface area contributed by atoms with E-state index in [1.807, 2.05) is 24.3 Å². The summed E-state index contributed by atoms with van der Waals surface area (Å²) >= 11 is 0. The Morgan fingerprint density at radius 3 is 2.65 bits per heavy atom. The Labute approximate surface area is 115 Å². The van der Waals surface area contributed by atoms with E-state index in [1.165, 1.54) is 0 Å². The summed E-state index contributed by atoms with van der Waals surface area (Å²) in [7, 11) is 0. The number of para-hydroxylation sites is 1. The van der Waals surface area contributed by atoms with Crippen molar-refractivity contribution >= 4 is 22.8 Å². The van der Waals surface area contributed by atoms with Gasteiger partial charge in [-0.3, -0.25) is 14.7 Å². The molecule has 0 saturated carbocycles. The number of hydrogen-bond acceptors (Lipinski definition) is 3. The number of hydrogen-bond donors (Lipinski definition) is 2. The molecule has 0 unspecified atom stereocenters. The average Bonchev–Trinajstić information content (AvgIpc) is 2.90. The van der Waals surface area contributed by atoms with Crippen LogP contribution in [0.3, 0.4) is 0 Å². The van der Waals surface area contributed by atoms with E-state index < -0.39 is 5.97 Å². The molecule has 0 spiro atoms. The van der Waals surface area contributed by atoms with E-state index in [2.05, 4.69) is 10.2 Å². The van der Waals surface area contributed by atoms with Crippen molar-refractivity contribution in [3.05, 3.63) is 30.0 Å². The minimum atomic E-state index is -0.776. The second kappa shape index (κ2) is 4.96. The van der Waals surface area contributed by atoms with Crippen LogP contribution in [0.4, 0.5) is 0 Å². The second-order valence-electron chi connectivity index (χ2n) is 5.02. The van der Waals surface area contributed by atoms with Crippen molar-refractivity contribution in [1.82, 2.24) is 15.1 Å². The lowest BCUT2D eigenvalue weighted by atomic mass is 9.97. The monoisotopic (exact) mass is 273 g/mol. The van der Waals surface area contributed by atoms with Gasteiger partial charge < -0.3 is 10.0 Å². The molecule has 6 nitrogen and oxygen atoms in total. The molecule has 1 aromatic carbocycles. The maximum absolute atomic E-state index is 12.4. The summed E-state index contributed by atoms with van der Waals surface area (Å²) in [5.74, 6) is -1.25. The van der Waals surface area contributed by atoms with E-state index in [-0.39, 0.29) is 11.8 Å². The number of benzene rings is 1. The zero-order chi connectivity index (χ0) is 14.1. The molecule has 0 bridgehead atoms. The van der Waals surface area contributed by atoms with Crippen LogP contribution < -0.4 is 0 Å². The lowest BCUT2D eigenvalue weighted by Crippen LogP contribution is -2.40. The van der Waals surface area contributed by atoms with Crippen LogP contribution in [-0.2, 0) is 4.79 Å². The van der Waals surface area contributed by atoms with Gasteiger partial charge in [0.05, 0.1) is 11.4 Å². The van der Waals surface area contributed by atoms with E-state index in [1.54, 1.807) is 4.90 Å². The molecular formula is C14H15N3O3. The van der Waals surface area contributed by atoms with Gasteiger partial charge >= 0.3 is 5.97 Å². The smallest absolute Gasteiger partial charge is 0.306 e. The van der Waals surface area contributed by atoms with Crippen molar-refractivity contribution in [2.75, 3.05) is 13.1 Å². The molecule has 104 valence electrons. The van der Waals surface area contributed by atoms with Gasteiger partial charge in [-0.05, 0) is 18.9 Å². The Bertz CT molecular complexity index is 656. The number of amides is 1. The molecule has 1 fully saturated rings. The third-order valence-corrected chi connectivity index (χ3v) is 3.80. The summed E-state index contributed by atoms with van der Waals surface area (Å²) in [4.78, 5) is 25.0. The van der Waals surface area contributed by atoms with Crippen LogP contribution in [0.15, 0.2) is 24.3 Å². The highest BCUT2D eigenvalue weighted by Crippen LogP contribution is 2.21. The van der Waals surface area contributed by atoms with E-state index in [9.17, 15) is 9.59 Å². The summed E-state index contributed by atoms with van der Waals surface area (Å²) in [6.45, 7) is 0.938. The minimum absolute atomic E-state index is 0.133. The van der Waals surface area contributed by atoms with Crippen LogP contribution in [-0.4, -0.2) is 45.2 Å². The summed E-state index contributed by atoms with van der Waals surface area (Å²) < 4.78 is 0. The van der Waals surface area contributed by atoms with Gasteiger partial charge in [-0.2, -0.15) is 5.10 Å². The number of carboxylic acids is 1. The van der Waals surface area contributed by atoms with Crippen LogP contribution in [0.2, 0.25) is 0 Å². The van der Waals surface area contributed by atoms with Gasteiger partial charge in [-0.1, -0.05) is 18.2 Å². The predicted molar refractivity (Wildman–Crippen MR) is 72.4 cm³/mol. The van der Waals surface area contributed by atoms with Gasteiger partial charge in [-0.15, -0.1) is 0 Å². The molecule has 1 aromatic heterocycles. The first-order valence-corrected chi connectivity index (χ1v) is 6.62. The Hall–Kier alpha value is -2.37. The maximum Gasteiger partial charge on any atom is 0.306 e. The van der Waals surface area contributed by atoms with Crippen molar-refractivity contribution in [3.63, 3.8) is 0 Å². The molecule has 1 aliphatic heterocycles. The lowest BCUT2D eigenvalue weighted by molar-refractivity contribution is -0.143. The molecule has 2 aromatic rings. The number of nitrogens with zero attached hydrogens (tertiary/aromatic N) is 2. The van der Waals surface area contributed by atoms with Gasteiger partial charge in [-0.25, -0.2) is 0 Å². The molecule has 1 amide bonds. The number of H-pyrrole nitrogens is 1. The fourth-order valence-corrected chi connectivity index (χ4v) is 2.61. The first-order valence-electron chi connectivity index (χ1n) is 6.62. The van der Waals surface area contributed by atoms with E-state index in [4.69, 9.17) is 5.11 Å². The van der Waals surface area contributed by atoms with E-state index in [0.29, 0.717) is 31.6 Å². The van der Waals surface area contributed by atoms with Crippen molar-refractivity contribution < 1.29 is 14.7 Å². The number of aromatic amines is 1. The van der Waals surface area contributed by atoms with Gasteiger partial charge in [0.2, 0.25) is 0 Å². The molecule has 2 heterocycles. The van der Waals surface area contributed by atoms with Gasteiger partial charge in [0.25, 0.3) is 5.91 Å². The predicted octanol–water partition coefficient (Wildman–Crippen LogP) is 1.50. The number of aromatic nitrogens is 2. The zero-order valence-corrected chi connectivity index (χ0v) is 10.9. The minimum Gasteiger partial charge on any atom is -0.481 e.